The number of methoxy groups -OCH3 is 1. The molecule has 1 heterocycles. The van der Waals surface area contributed by atoms with Gasteiger partial charge in [0.15, 0.2) is 0 Å². The molecule has 0 aliphatic rings. The van der Waals surface area contributed by atoms with Gasteiger partial charge in [-0.15, -0.1) is 5.10 Å². The molecule has 0 fully saturated rings. The Morgan fingerprint density at radius 1 is 1.28 bits per heavy atom. The molecule has 0 aliphatic heterocycles. The molecule has 0 atom stereocenters. The first-order chi connectivity index (χ1) is 8.83. The maximum absolute atomic E-state index is 5.58. The molecule has 0 saturated heterocycles. The highest BCUT2D eigenvalue weighted by Crippen LogP contribution is 2.08. The number of rotatable bonds is 10. The van der Waals surface area contributed by atoms with Gasteiger partial charge in [-0.2, -0.15) is 0 Å². The molecular formula is C12H24N4O2. The van der Waals surface area contributed by atoms with Crippen LogP contribution in [0.15, 0.2) is 0 Å². The summed E-state index contributed by atoms with van der Waals surface area (Å²) in [5, 5.41) is 8.38. The largest absolute Gasteiger partial charge is 0.384 e. The van der Waals surface area contributed by atoms with Gasteiger partial charge in [-0.3, -0.25) is 0 Å². The lowest BCUT2D eigenvalue weighted by molar-refractivity contribution is 0.140. The summed E-state index contributed by atoms with van der Waals surface area (Å²) in [5.41, 5.74) is 7.71. The van der Waals surface area contributed by atoms with Gasteiger partial charge < -0.3 is 15.2 Å². The van der Waals surface area contributed by atoms with Crippen molar-refractivity contribution < 1.29 is 9.47 Å². The summed E-state index contributed by atoms with van der Waals surface area (Å²) in [7, 11) is 1.70. The maximum atomic E-state index is 5.58. The summed E-state index contributed by atoms with van der Waals surface area (Å²) in [6.45, 7) is 5.61. The van der Waals surface area contributed by atoms with E-state index >= 15 is 0 Å². The average molecular weight is 256 g/mol. The van der Waals surface area contributed by atoms with E-state index in [2.05, 4.69) is 10.3 Å². The van der Waals surface area contributed by atoms with Gasteiger partial charge in [-0.25, -0.2) is 4.68 Å². The lowest BCUT2D eigenvalue weighted by Gasteiger charge is -2.07. The van der Waals surface area contributed by atoms with Gasteiger partial charge in [0.05, 0.1) is 18.0 Å². The molecule has 1 aromatic rings. The molecule has 0 spiro atoms. The summed E-state index contributed by atoms with van der Waals surface area (Å²) in [4.78, 5) is 0. The van der Waals surface area contributed by atoms with Gasteiger partial charge in [0.1, 0.15) is 0 Å². The van der Waals surface area contributed by atoms with Crippen LogP contribution >= 0.6 is 0 Å². The minimum absolute atomic E-state index is 0.595. The Labute approximate surface area is 108 Å². The molecular weight excluding hydrogens is 232 g/mol. The van der Waals surface area contributed by atoms with Gasteiger partial charge >= 0.3 is 0 Å². The van der Waals surface area contributed by atoms with Crippen LogP contribution in [0.25, 0.3) is 0 Å². The van der Waals surface area contributed by atoms with Crippen LogP contribution in [0.5, 0.6) is 0 Å². The van der Waals surface area contributed by atoms with Gasteiger partial charge in [0.25, 0.3) is 0 Å². The molecule has 18 heavy (non-hydrogen) atoms. The topological polar surface area (TPSA) is 75.2 Å². The highest BCUT2D eigenvalue weighted by molar-refractivity contribution is 5.11. The van der Waals surface area contributed by atoms with Gasteiger partial charge in [0, 0.05) is 39.7 Å². The fraction of sp³-hybridized carbons (Fsp3) is 0.833. The highest BCUT2D eigenvalue weighted by Gasteiger charge is 2.11. The van der Waals surface area contributed by atoms with Crippen LogP contribution in [0.1, 0.15) is 24.7 Å². The van der Waals surface area contributed by atoms with E-state index < -0.39 is 0 Å². The zero-order chi connectivity index (χ0) is 13.2. The third-order valence-electron chi connectivity index (χ3n) is 2.70. The standard InChI is InChI=1S/C12H24N4O2/c1-3-18-9-4-8-16-12(6-10-17-2)11(5-7-13)14-15-16/h3-10,13H2,1-2H3. The Bertz CT molecular complexity index is 328. The number of ether oxygens (including phenoxy) is 2. The van der Waals surface area contributed by atoms with Crippen LogP contribution in [-0.4, -0.2) is 48.5 Å². The van der Waals surface area contributed by atoms with Crippen LogP contribution < -0.4 is 5.73 Å². The molecule has 0 aliphatic carbocycles. The van der Waals surface area contributed by atoms with E-state index in [-0.39, 0.29) is 0 Å². The van der Waals surface area contributed by atoms with E-state index in [0.717, 1.165) is 50.4 Å². The third kappa shape index (κ3) is 4.72. The van der Waals surface area contributed by atoms with E-state index in [4.69, 9.17) is 15.2 Å². The SMILES string of the molecule is CCOCCCn1nnc(CCN)c1CCOC. The van der Waals surface area contributed by atoms with Crippen LogP contribution in [0.3, 0.4) is 0 Å². The maximum Gasteiger partial charge on any atom is 0.0872 e. The van der Waals surface area contributed by atoms with Crippen molar-refractivity contribution in [3.8, 4) is 0 Å². The second kappa shape index (κ2) is 9.02. The van der Waals surface area contributed by atoms with Crippen LogP contribution in [0.2, 0.25) is 0 Å². The van der Waals surface area contributed by atoms with Gasteiger partial charge in [0.2, 0.25) is 0 Å². The summed E-state index contributed by atoms with van der Waals surface area (Å²) < 4.78 is 12.4. The molecule has 0 saturated carbocycles. The summed E-state index contributed by atoms with van der Waals surface area (Å²) in [6, 6.07) is 0. The monoisotopic (exact) mass is 256 g/mol. The van der Waals surface area contributed by atoms with Crippen LogP contribution in [-0.2, 0) is 28.9 Å². The fourth-order valence-electron chi connectivity index (χ4n) is 1.81. The second-order valence-electron chi connectivity index (χ2n) is 4.04. The number of nitrogens with two attached hydrogens (primary N) is 1. The van der Waals surface area contributed by atoms with Crippen molar-refractivity contribution in [2.75, 3.05) is 33.5 Å². The van der Waals surface area contributed by atoms with Crippen molar-refractivity contribution in [3.63, 3.8) is 0 Å². The van der Waals surface area contributed by atoms with Gasteiger partial charge in [-0.1, -0.05) is 5.21 Å². The Morgan fingerprint density at radius 2 is 2.11 bits per heavy atom. The Morgan fingerprint density at radius 3 is 2.78 bits per heavy atom. The molecule has 0 amide bonds. The predicted octanol–water partition coefficient (Wildman–Crippen LogP) is 0.395. The predicted molar refractivity (Wildman–Crippen MR) is 69.5 cm³/mol. The quantitative estimate of drug-likeness (QED) is 0.613. The second-order valence-corrected chi connectivity index (χ2v) is 4.04. The minimum atomic E-state index is 0.595. The number of aryl methyl sites for hydroxylation is 1. The Kier molecular flexibility index (Phi) is 7.55. The molecule has 0 radical (unpaired) electrons. The van der Waals surface area contributed by atoms with E-state index in [1.165, 1.54) is 0 Å². The Balaban J connectivity index is 2.58. The van der Waals surface area contributed by atoms with E-state index in [9.17, 15) is 0 Å². The molecule has 0 unspecified atom stereocenters. The molecule has 6 heteroatoms. The Hall–Kier alpha value is -0.980. The van der Waals surface area contributed by atoms with Crippen LogP contribution in [0.4, 0.5) is 0 Å². The number of nitrogens with zero attached hydrogens (tertiary/aromatic N) is 3. The summed E-state index contributed by atoms with van der Waals surface area (Å²) in [5.74, 6) is 0. The minimum Gasteiger partial charge on any atom is -0.384 e. The first-order valence-electron chi connectivity index (χ1n) is 6.51. The zero-order valence-corrected chi connectivity index (χ0v) is 11.4. The molecule has 0 aromatic carbocycles. The van der Waals surface area contributed by atoms with Crippen molar-refractivity contribution >= 4 is 0 Å². The molecule has 1 aromatic heterocycles. The van der Waals surface area contributed by atoms with Gasteiger partial charge in [-0.05, 0) is 19.9 Å². The van der Waals surface area contributed by atoms with E-state index in [1.54, 1.807) is 7.11 Å². The lowest BCUT2D eigenvalue weighted by Crippen LogP contribution is -2.12. The summed E-state index contributed by atoms with van der Waals surface area (Å²) in [6.07, 6.45) is 2.54. The normalized spacial score (nSPS) is 11.1. The first-order valence-corrected chi connectivity index (χ1v) is 6.51. The fourth-order valence-corrected chi connectivity index (χ4v) is 1.81. The lowest BCUT2D eigenvalue weighted by atomic mass is 10.2. The average Bonchev–Trinajstić information content (AvgIpc) is 2.75. The van der Waals surface area contributed by atoms with Crippen molar-refractivity contribution in [2.45, 2.75) is 32.7 Å². The molecule has 2 N–H and O–H groups in total. The number of aromatic nitrogens is 3. The third-order valence-corrected chi connectivity index (χ3v) is 2.70. The molecule has 104 valence electrons. The molecule has 1 rings (SSSR count). The van der Waals surface area contributed by atoms with Crippen LogP contribution in [0, 0.1) is 0 Å². The molecule has 0 bridgehead atoms. The van der Waals surface area contributed by atoms with Crippen molar-refractivity contribution in [3.05, 3.63) is 11.4 Å². The zero-order valence-electron chi connectivity index (χ0n) is 11.4. The van der Waals surface area contributed by atoms with Crippen molar-refractivity contribution in [1.82, 2.24) is 15.0 Å². The smallest absolute Gasteiger partial charge is 0.0872 e. The first kappa shape index (κ1) is 15.1. The highest BCUT2D eigenvalue weighted by atomic mass is 16.5. The number of hydrogen-bond acceptors (Lipinski definition) is 5. The van der Waals surface area contributed by atoms with Crippen molar-refractivity contribution in [1.29, 1.82) is 0 Å². The van der Waals surface area contributed by atoms with E-state index in [1.807, 2.05) is 11.6 Å². The molecule has 6 nitrogen and oxygen atoms in total. The summed E-state index contributed by atoms with van der Waals surface area (Å²) >= 11 is 0. The number of hydrogen-bond donors (Lipinski definition) is 1. The van der Waals surface area contributed by atoms with E-state index in [0.29, 0.717) is 13.2 Å². The van der Waals surface area contributed by atoms with Crippen molar-refractivity contribution in [2.24, 2.45) is 5.73 Å².